The van der Waals surface area contributed by atoms with E-state index in [4.69, 9.17) is 9.15 Å². The van der Waals surface area contributed by atoms with Crippen molar-refractivity contribution in [2.24, 2.45) is 0 Å². The van der Waals surface area contributed by atoms with Crippen LogP contribution >= 0.6 is 11.3 Å². The molecule has 3 rings (SSSR count). The Hall–Kier alpha value is -2.60. The zero-order valence-corrected chi connectivity index (χ0v) is 14.2. The number of hydrogen-bond donors (Lipinski definition) is 1. The number of rotatable bonds is 5. The van der Waals surface area contributed by atoms with Crippen LogP contribution in [0.5, 0.6) is 0 Å². The van der Waals surface area contributed by atoms with Crippen molar-refractivity contribution < 1.29 is 18.7 Å². The number of esters is 1. The Bertz CT molecular complexity index is 866. The van der Waals surface area contributed by atoms with Crippen LogP contribution in [-0.2, 0) is 16.1 Å². The van der Waals surface area contributed by atoms with Gasteiger partial charge in [-0.15, -0.1) is 11.3 Å². The zero-order chi connectivity index (χ0) is 17.1. The third-order valence-corrected chi connectivity index (χ3v) is 4.95. The molecule has 0 aliphatic carbocycles. The summed E-state index contributed by atoms with van der Waals surface area (Å²) in [5, 5.41) is 3.71. The van der Waals surface area contributed by atoms with Crippen LogP contribution in [0.4, 0.5) is 0 Å². The molecule has 0 saturated carbocycles. The maximum Gasteiger partial charge on any atom is 0.349 e. The zero-order valence-electron chi connectivity index (χ0n) is 13.4. The normalized spacial score (nSPS) is 12.1. The number of aryl methyl sites for hydroxylation is 1. The number of fused-ring (bicyclic) bond motifs is 1. The highest BCUT2D eigenvalue weighted by Gasteiger charge is 2.22. The topological polar surface area (TPSA) is 68.5 Å². The number of thiophene rings is 1. The van der Waals surface area contributed by atoms with E-state index in [0.717, 1.165) is 15.6 Å². The van der Waals surface area contributed by atoms with E-state index in [9.17, 15) is 9.59 Å². The fraction of sp³-hybridized carbons (Fsp3) is 0.222. The van der Waals surface area contributed by atoms with Gasteiger partial charge in [-0.3, -0.25) is 4.79 Å². The summed E-state index contributed by atoms with van der Waals surface area (Å²) in [6.07, 6.45) is 0.659. The molecule has 1 aromatic carbocycles. The minimum Gasteiger partial charge on any atom is -0.467 e. The Morgan fingerprint density at radius 2 is 2.04 bits per heavy atom. The van der Waals surface area contributed by atoms with Crippen molar-refractivity contribution in [2.45, 2.75) is 26.5 Å². The molecule has 1 amide bonds. The molecule has 0 bridgehead atoms. The van der Waals surface area contributed by atoms with Crippen molar-refractivity contribution >= 4 is 33.3 Å². The van der Waals surface area contributed by atoms with E-state index in [1.165, 1.54) is 17.6 Å². The lowest BCUT2D eigenvalue weighted by Gasteiger charge is -2.12. The van der Waals surface area contributed by atoms with Gasteiger partial charge in [0.1, 0.15) is 10.6 Å². The predicted molar refractivity (Wildman–Crippen MR) is 92.0 cm³/mol. The molecule has 0 fully saturated rings. The Balaban J connectivity index is 1.64. The molecule has 0 aliphatic heterocycles. The van der Waals surface area contributed by atoms with Crippen molar-refractivity contribution in [3.63, 3.8) is 0 Å². The molecule has 0 unspecified atom stereocenters. The van der Waals surface area contributed by atoms with E-state index in [1.807, 2.05) is 31.2 Å². The monoisotopic (exact) mass is 343 g/mol. The molecule has 1 N–H and O–H groups in total. The Morgan fingerprint density at radius 1 is 1.25 bits per heavy atom. The van der Waals surface area contributed by atoms with Crippen molar-refractivity contribution in [1.29, 1.82) is 0 Å². The largest absolute Gasteiger partial charge is 0.467 e. The van der Waals surface area contributed by atoms with Crippen LogP contribution in [0.3, 0.4) is 0 Å². The van der Waals surface area contributed by atoms with Crippen molar-refractivity contribution in [2.75, 3.05) is 0 Å². The van der Waals surface area contributed by atoms with Crippen LogP contribution in [0.1, 0.15) is 27.9 Å². The van der Waals surface area contributed by atoms with Crippen molar-refractivity contribution in [1.82, 2.24) is 5.32 Å². The first-order chi connectivity index (χ1) is 11.6. The minimum absolute atomic E-state index is 0.260. The van der Waals surface area contributed by atoms with E-state index < -0.39 is 12.1 Å². The van der Waals surface area contributed by atoms with Gasteiger partial charge in [-0.25, -0.2) is 4.79 Å². The van der Waals surface area contributed by atoms with Crippen LogP contribution in [-0.4, -0.2) is 18.0 Å². The number of nitrogens with one attached hydrogen (secondary N) is 1. The Labute approximate surface area is 143 Å². The first kappa shape index (κ1) is 16.3. The first-order valence-corrected chi connectivity index (χ1v) is 8.37. The van der Waals surface area contributed by atoms with E-state index in [-0.39, 0.29) is 12.5 Å². The van der Waals surface area contributed by atoms with Gasteiger partial charge >= 0.3 is 5.97 Å². The number of benzene rings is 1. The molecular formula is C18H17NO4S. The lowest BCUT2D eigenvalue weighted by atomic mass is 10.1. The van der Waals surface area contributed by atoms with Crippen molar-refractivity contribution in [3.05, 3.63) is 58.9 Å². The average Bonchev–Trinajstić information content (AvgIpc) is 3.21. The molecule has 24 heavy (non-hydrogen) atoms. The molecule has 1 atom stereocenters. The smallest absolute Gasteiger partial charge is 0.349 e. The number of hydrogen-bond acceptors (Lipinski definition) is 5. The molecule has 0 aliphatic rings. The highest BCUT2D eigenvalue weighted by molar-refractivity contribution is 7.21. The maximum atomic E-state index is 12.4. The molecule has 6 heteroatoms. The van der Waals surface area contributed by atoms with Gasteiger partial charge in [-0.05, 0) is 43.0 Å². The number of ether oxygens (including phenoxy) is 1. The van der Waals surface area contributed by atoms with Gasteiger partial charge in [0.25, 0.3) is 5.91 Å². The first-order valence-electron chi connectivity index (χ1n) is 7.55. The van der Waals surface area contributed by atoms with E-state index >= 15 is 0 Å². The summed E-state index contributed by atoms with van der Waals surface area (Å²) < 4.78 is 11.5. The highest BCUT2D eigenvalue weighted by Crippen LogP contribution is 2.31. The van der Waals surface area contributed by atoms with Gasteiger partial charge in [0, 0.05) is 4.70 Å². The van der Waals surface area contributed by atoms with E-state index in [1.54, 1.807) is 19.1 Å². The second-order valence-electron chi connectivity index (χ2n) is 5.40. The number of carbonyl (C=O) groups is 2. The second kappa shape index (κ2) is 6.88. The molecular weight excluding hydrogens is 326 g/mol. The van der Waals surface area contributed by atoms with Crippen molar-refractivity contribution in [3.8, 4) is 0 Å². The summed E-state index contributed by atoms with van der Waals surface area (Å²) in [5.41, 5.74) is 0.879. The van der Waals surface area contributed by atoms with Crippen LogP contribution in [0, 0.1) is 6.92 Å². The molecule has 0 spiro atoms. The fourth-order valence-corrected chi connectivity index (χ4v) is 3.46. The van der Waals surface area contributed by atoms with Crippen LogP contribution in [0.25, 0.3) is 10.1 Å². The minimum atomic E-state index is -0.878. The molecule has 2 aromatic heterocycles. The van der Waals surface area contributed by atoms with Crippen LogP contribution in [0.15, 0.2) is 47.1 Å². The van der Waals surface area contributed by atoms with Crippen LogP contribution < -0.4 is 5.32 Å². The summed E-state index contributed by atoms with van der Waals surface area (Å²) in [6.45, 7) is 3.70. The van der Waals surface area contributed by atoms with Gasteiger partial charge in [0.15, 0.2) is 6.10 Å². The maximum absolute atomic E-state index is 12.4. The molecule has 0 radical (unpaired) electrons. The summed E-state index contributed by atoms with van der Waals surface area (Å²) in [6, 6.07) is 11.3. The fourth-order valence-electron chi connectivity index (χ4n) is 2.37. The van der Waals surface area contributed by atoms with Gasteiger partial charge in [-0.2, -0.15) is 0 Å². The van der Waals surface area contributed by atoms with Gasteiger partial charge in [0.2, 0.25) is 0 Å². The standard InChI is InChI=1S/C18H17NO4S/c1-11-14-7-3-4-8-15(14)24-16(11)18(21)23-12(2)17(20)19-10-13-6-5-9-22-13/h3-9,12H,10H2,1-2H3,(H,19,20)/t12-/m0/s1. The Kier molecular flexibility index (Phi) is 4.66. The summed E-state index contributed by atoms with van der Waals surface area (Å²) in [5.74, 6) is -0.199. The summed E-state index contributed by atoms with van der Waals surface area (Å²) in [4.78, 5) is 24.9. The molecule has 124 valence electrons. The lowest BCUT2D eigenvalue weighted by Crippen LogP contribution is -2.35. The molecule has 5 nitrogen and oxygen atoms in total. The quantitative estimate of drug-likeness (QED) is 0.718. The third kappa shape index (κ3) is 3.33. The van der Waals surface area contributed by atoms with Crippen LogP contribution in [0.2, 0.25) is 0 Å². The van der Waals surface area contributed by atoms with Gasteiger partial charge < -0.3 is 14.5 Å². The summed E-state index contributed by atoms with van der Waals surface area (Å²) in [7, 11) is 0. The van der Waals surface area contributed by atoms with Gasteiger partial charge in [0.05, 0.1) is 12.8 Å². The summed E-state index contributed by atoms with van der Waals surface area (Å²) >= 11 is 1.38. The molecule has 2 heterocycles. The molecule has 0 saturated heterocycles. The van der Waals surface area contributed by atoms with E-state index in [2.05, 4.69) is 5.32 Å². The van der Waals surface area contributed by atoms with E-state index in [0.29, 0.717) is 10.6 Å². The average molecular weight is 343 g/mol. The number of carbonyl (C=O) groups excluding carboxylic acids is 2. The second-order valence-corrected chi connectivity index (χ2v) is 6.45. The SMILES string of the molecule is Cc1c(C(=O)O[C@@H](C)C(=O)NCc2ccco2)sc2ccccc12. The number of amides is 1. The predicted octanol–water partition coefficient (Wildman–Crippen LogP) is 3.66. The number of furan rings is 1. The third-order valence-electron chi connectivity index (χ3n) is 3.70. The van der Waals surface area contributed by atoms with Gasteiger partial charge in [-0.1, -0.05) is 18.2 Å². The lowest BCUT2D eigenvalue weighted by molar-refractivity contribution is -0.129. The molecule has 3 aromatic rings. The Morgan fingerprint density at radius 3 is 2.75 bits per heavy atom. The highest BCUT2D eigenvalue weighted by atomic mass is 32.1.